The molecule has 0 saturated carbocycles. The smallest absolute Gasteiger partial charge is 0.412 e. The number of primary amides is 1. The highest BCUT2D eigenvalue weighted by Gasteiger charge is 2.15. The molecule has 7 heteroatoms. The number of ether oxygens (including phenoxy) is 2. The van der Waals surface area contributed by atoms with Gasteiger partial charge in [-0.25, -0.2) is 9.59 Å². The first kappa shape index (κ1) is 16.2. The van der Waals surface area contributed by atoms with Gasteiger partial charge < -0.3 is 20.5 Å². The summed E-state index contributed by atoms with van der Waals surface area (Å²) in [6, 6.07) is 0. The number of alkyl carbamates (subject to hydrolysis) is 1. The summed E-state index contributed by atoms with van der Waals surface area (Å²) in [6.07, 6.45) is -0.456. The maximum Gasteiger partial charge on any atom is 0.412 e. The summed E-state index contributed by atoms with van der Waals surface area (Å²) in [5.74, 6) is -0.667. The molecule has 0 aliphatic heterocycles. The van der Waals surface area contributed by atoms with Crippen LogP contribution in [0.5, 0.6) is 0 Å². The Bertz CT molecular complexity index is 309. The molecule has 0 aliphatic rings. The van der Waals surface area contributed by atoms with Gasteiger partial charge in [0.2, 0.25) is 0 Å². The lowest BCUT2D eigenvalue weighted by atomic mass is 10.2. The molecule has 0 heterocycles. The number of nitrogens with two attached hydrogens (primary N) is 1. The molecule has 0 aromatic heterocycles. The molecule has 18 heavy (non-hydrogen) atoms. The van der Waals surface area contributed by atoms with Gasteiger partial charge in [0.15, 0.2) is 0 Å². The quantitative estimate of drug-likeness (QED) is 0.440. The molecule has 0 saturated heterocycles. The lowest BCUT2D eigenvalue weighted by Crippen LogP contribution is -2.33. The second-order valence-corrected chi connectivity index (χ2v) is 4.68. The summed E-state index contributed by atoms with van der Waals surface area (Å²) in [5, 5.41) is 2.55. The highest BCUT2D eigenvalue weighted by Crippen LogP contribution is 2.06. The lowest BCUT2D eigenvalue weighted by molar-refractivity contribution is -0.137. The van der Waals surface area contributed by atoms with Crippen molar-refractivity contribution in [1.82, 2.24) is 5.32 Å². The zero-order valence-electron chi connectivity index (χ0n) is 10.9. The van der Waals surface area contributed by atoms with Gasteiger partial charge in [-0.1, -0.05) is 0 Å². The molecule has 0 bridgehead atoms. The van der Waals surface area contributed by atoms with Crippen LogP contribution in [0.25, 0.3) is 0 Å². The minimum absolute atomic E-state index is 0.0823. The van der Waals surface area contributed by atoms with E-state index in [1.807, 2.05) is 0 Å². The van der Waals surface area contributed by atoms with E-state index < -0.39 is 23.8 Å². The van der Waals surface area contributed by atoms with E-state index in [1.54, 1.807) is 20.8 Å². The van der Waals surface area contributed by atoms with E-state index >= 15 is 0 Å². The second-order valence-electron chi connectivity index (χ2n) is 4.68. The number of unbranched alkanes of at least 4 members (excludes halogenated alkanes) is 1. The Morgan fingerprint density at radius 1 is 1.17 bits per heavy atom. The van der Waals surface area contributed by atoms with Gasteiger partial charge in [-0.3, -0.25) is 4.79 Å². The maximum absolute atomic E-state index is 11.2. The fourth-order valence-electron chi connectivity index (χ4n) is 1.06. The van der Waals surface area contributed by atoms with Crippen LogP contribution >= 0.6 is 0 Å². The number of hydrogen-bond acceptors (Lipinski definition) is 5. The topological polar surface area (TPSA) is 108 Å². The van der Waals surface area contributed by atoms with Gasteiger partial charge in [-0.15, -0.1) is 0 Å². The fraction of sp³-hybridized carbons (Fsp3) is 0.727. The molecule has 2 amide bonds. The maximum atomic E-state index is 11.2. The molecule has 0 fully saturated rings. The van der Waals surface area contributed by atoms with Crippen molar-refractivity contribution in [2.75, 3.05) is 6.54 Å². The summed E-state index contributed by atoms with van der Waals surface area (Å²) in [4.78, 5) is 32.3. The molecule has 7 nitrogen and oxygen atoms in total. The van der Waals surface area contributed by atoms with Crippen LogP contribution in [0.2, 0.25) is 0 Å². The number of amides is 2. The van der Waals surface area contributed by atoms with Gasteiger partial charge in [-0.05, 0) is 33.6 Å². The van der Waals surface area contributed by atoms with Gasteiger partial charge in [0.05, 0.1) is 0 Å². The van der Waals surface area contributed by atoms with Crippen molar-refractivity contribution in [3.63, 3.8) is 0 Å². The minimum Gasteiger partial charge on any atom is -0.444 e. The van der Waals surface area contributed by atoms with E-state index in [-0.39, 0.29) is 6.42 Å². The normalized spacial score (nSPS) is 10.6. The van der Waals surface area contributed by atoms with Crippen LogP contribution in [0.1, 0.15) is 40.0 Å². The van der Waals surface area contributed by atoms with E-state index in [4.69, 9.17) is 4.74 Å². The molecule has 0 spiro atoms. The van der Waals surface area contributed by atoms with Crippen LogP contribution < -0.4 is 11.1 Å². The van der Waals surface area contributed by atoms with Crippen LogP contribution in [0.15, 0.2) is 0 Å². The van der Waals surface area contributed by atoms with Crippen LogP contribution in [-0.4, -0.2) is 30.3 Å². The standard InChI is InChI=1S/C11H20N2O5/c1-11(2,3)18-10(16)13-7-5-4-6-8(14)17-9(12)15/h4-7H2,1-3H3,(H2,12,15)(H,13,16). The van der Waals surface area contributed by atoms with Crippen LogP contribution in [0.3, 0.4) is 0 Å². The fourth-order valence-corrected chi connectivity index (χ4v) is 1.06. The molecule has 0 aliphatic carbocycles. The number of esters is 1. The average Bonchev–Trinajstić information content (AvgIpc) is 2.12. The Labute approximate surface area is 106 Å². The molecule has 0 aromatic rings. The van der Waals surface area contributed by atoms with Crippen molar-refractivity contribution in [1.29, 1.82) is 0 Å². The Morgan fingerprint density at radius 3 is 2.28 bits per heavy atom. The average molecular weight is 260 g/mol. The van der Waals surface area contributed by atoms with E-state index in [1.165, 1.54) is 0 Å². The Hall–Kier alpha value is -1.79. The molecule has 104 valence electrons. The highest BCUT2D eigenvalue weighted by atomic mass is 16.6. The zero-order chi connectivity index (χ0) is 14.2. The number of carbonyl (C=O) groups is 3. The summed E-state index contributed by atoms with van der Waals surface area (Å²) in [5.41, 5.74) is 4.13. The summed E-state index contributed by atoms with van der Waals surface area (Å²) < 4.78 is 9.15. The van der Waals surface area contributed by atoms with Gasteiger partial charge in [0, 0.05) is 13.0 Å². The van der Waals surface area contributed by atoms with Crippen molar-refractivity contribution in [2.45, 2.75) is 45.6 Å². The lowest BCUT2D eigenvalue weighted by Gasteiger charge is -2.19. The molecular formula is C11H20N2O5. The van der Waals surface area contributed by atoms with Gasteiger partial charge in [-0.2, -0.15) is 0 Å². The largest absolute Gasteiger partial charge is 0.444 e. The van der Waals surface area contributed by atoms with Gasteiger partial charge in [0.25, 0.3) is 0 Å². The van der Waals surface area contributed by atoms with Crippen molar-refractivity contribution < 1.29 is 23.9 Å². The third kappa shape index (κ3) is 10.7. The van der Waals surface area contributed by atoms with Crippen molar-refractivity contribution in [3.05, 3.63) is 0 Å². The van der Waals surface area contributed by atoms with Crippen LogP contribution in [0.4, 0.5) is 9.59 Å². The SMILES string of the molecule is CC(C)(C)OC(=O)NCCCCC(=O)OC(N)=O. The van der Waals surface area contributed by atoms with Gasteiger partial charge >= 0.3 is 18.2 Å². The molecular weight excluding hydrogens is 240 g/mol. The predicted molar refractivity (Wildman–Crippen MR) is 63.8 cm³/mol. The first-order valence-corrected chi connectivity index (χ1v) is 5.67. The van der Waals surface area contributed by atoms with E-state index in [9.17, 15) is 14.4 Å². The third-order valence-corrected chi connectivity index (χ3v) is 1.69. The number of hydrogen-bond donors (Lipinski definition) is 2. The Balaban J connectivity index is 3.54. The minimum atomic E-state index is -1.10. The summed E-state index contributed by atoms with van der Waals surface area (Å²) in [7, 11) is 0. The van der Waals surface area contributed by atoms with Crippen molar-refractivity contribution >= 4 is 18.2 Å². The number of carbonyl (C=O) groups excluding carboxylic acids is 3. The predicted octanol–water partition coefficient (Wildman–Crippen LogP) is 1.30. The molecule has 3 N–H and O–H groups in total. The monoisotopic (exact) mass is 260 g/mol. The third-order valence-electron chi connectivity index (χ3n) is 1.69. The highest BCUT2D eigenvalue weighted by molar-refractivity contribution is 5.83. The molecule has 0 radical (unpaired) electrons. The van der Waals surface area contributed by atoms with Crippen molar-refractivity contribution in [3.8, 4) is 0 Å². The first-order valence-electron chi connectivity index (χ1n) is 5.67. The van der Waals surface area contributed by atoms with E-state index in [0.717, 1.165) is 0 Å². The molecule has 0 atom stereocenters. The van der Waals surface area contributed by atoms with Gasteiger partial charge in [0.1, 0.15) is 5.60 Å². The molecule has 0 rings (SSSR count). The van der Waals surface area contributed by atoms with E-state index in [2.05, 4.69) is 15.8 Å². The first-order chi connectivity index (χ1) is 8.20. The molecule has 0 aromatic carbocycles. The van der Waals surface area contributed by atoms with Crippen molar-refractivity contribution in [2.24, 2.45) is 5.73 Å². The second kappa shape index (κ2) is 7.52. The number of nitrogens with one attached hydrogen (secondary N) is 1. The summed E-state index contributed by atoms with van der Waals surface area (Å²) >= 11 is 0. The Morgan fingerprint density at radius 2 is 1.78 bits per heavy atom. The number of rotatable bonds is 5. The zero-order valence-corrected chi connectivity index (χ0v) is 10.9. The Kier molecular flexibility index (Phi) is 6.77. The van der Waals surface area contributed by atoms with Crippen LogP contribution in [0, 0.1) is 0 Å². The van der Waals surface area contributed by atoms with E-state index in [0.29, 0.717) is 19.4 Å². The summed E-state index contributed by atoms with van der Waals surface area (Å²) in [6.45, 7) is 5.70. The van der Waals surface area contributed by atoms with Crippen LogP contribution in [-0.2, 0) is 14.3 Å². The molecule has 0 unspecified atom stereocenters.